The monoisotopic (exact) mass is 443 g/mol. The lowest BCUT2D eigenvalue weighted by Gasteiger charge is -2.11. The van der Waals surface area contributed by atoms with Crippen LogP contribution in [0.2, 0.25) is 0 Å². The van der Waals surface area contributed by atoms with Crippen molar-refractivity contribution in [3.05, 3.63) is 95.8 Å². The Morgan fingerprint density at radius 2 is 1.68 bits per heavy atom. The largest absolute Gasteiger partial charge is 0.494 e. The van der Waals surface area contributed by atoms with Crippen LogP contribution in [0.25, 0.3) is 6.08 Å². The molecule has 1 unspecified atom stereocenters. The van der Waals surface area contributed by atoms with Gasteiger partial charge in [-0.2, -0.15) is 5.48 Å². The molecule has 0 saturated heterocycles. The van der Waals surface area contributed by atoms with Crippen molar-refractivity contribution in [1.82, 2.24) is 5.48 Å². The molecule has 0 aromatic heterocycles. The fourth-order valence-corrected chi connectivity index (χ4v) is 3.29. The van der Waals surface area contributed by atoms with Crippen molar-refractivity contribution >= 4 is 14.2 Å². The van der Waals surface area contributed by atoms with E-state index in [4.69, 9.17) is 14.1 Å². The maximum absolute atomic E-state index is 13.6. The summed E-state index contributed by atoms with van der Waals surface area (Å²) in [5.74, 6) is 1.74. The molecular formula is C24H24F2NO3P. The number of ether oxygens (including phenoxy) is 2. The standard InChI is InChI=1S/C24H24F2NO3P/c1-31(17-14-19-6-3-2-4-7-19)30-27-15-5-16-28-21-9-11-22(12-10-21)29-24-13-8-20(25)18-23(24)26/h2-4,6-14,17-18,27H,5,15-16H2,1H3/b17-14+. The summed E-state index contributed by atoms with van der Waals surface area (Å²) in [6.45, 7) is 3.21. The van der Waals surface area contributed by atoms with Crippen LogP contribution in [0.4, 0.5) is 8.78 Å². The predicted octanol–water partition coefficient (Wildman–Crippen LogP) is 6.74. The van der Waals surface area contributed by atoms with Gasteiger partial charge >= 0.3 is 0 Å². The Labute approximate surface area is 182 Å². The van der Waals surface area contributed by atoms with Gasteiger partial charge in [0.05, 0.1) is 14.8 Å². The number of benzene rings is 3. The van der Waals surface area contributed by atoms with Crippen molar-refractivity contribution in [2.75, 3.05) is 19.8 Å². The number of halogens is 2. The summed E-state index contributed by atoms with van der Waals surface area (Å²) in [6, 6.07) is 20.1. The molecule has 4 nitrogen and oxygen atoms in total. The molecule has 7 heteroatoms. The van der Waals surface area contributed by atoms with E-state index in [-0.39, 0.29) is 5.75 Å². The molecule has 0 aliphatic heterocycles. The van der Waals surface area contributed by atoms with Gasteiger partial charge in [-0.05, 0) is 60.9 Å². The minimum Gasteiger partial charge on any atom is -0.494 e. The summed E-state index contributed by atoms with van der Waals surface area (Å²) in [5.41, 5.74) is 4.12. The lowest BCUT2D eigenvalue weighted by atomic mass is 10.2. The van der Waals surface area contributed by atoms with Crippen LogP contribution in [-0.4, -0.2) is 19.8 Å². The molecular weight excluding hydrogens is 419 g/mol. The van der Waals surface area contributed by atoms with Crippen molar-refractivity contribution < 1.29 is 22.9 Å². The van der Waals surface area contributed by atoms with Crippen LogP contribution in [0.15, 0.2) is 78.6 Å². The van der Waals surface area contributed by atoms with Gasteiger partial charge in [-0.25, -0.2) is 8.78 Å². The molecule has 3 aromatic rings. The Morgan fingerprint density at radius 1 is 0.935 bits per heavy atom. The average Bonchev–Trinajstić information content (AvgIpc) is 2.78. The molecule has 0 heterocycles. The molecule has 0 aliphatic carbocycles. The first-order valence-electron chi connectivity index (χ1n) is 9.82. The van der Waals surface area contributed by atoms with Crippen LogP contribution in [0.1, 0.15) is 12.0 Å². The van der Waals surface area contributed by atoms with Crippen LogP contribution in [0.3, 0.4) is 0 Å². The third kappa shape index (κ3) is 8.10. The second-order valence-corrected chi connectivity index (χ2v) is 8.18. The molecule has 1 N–H and O–H groups in total. The lowest BCUT2D eigenvalue weighted by molar-refractivity contribution is 0.208. The van der Waals surface area contributed by atoms with Gasteiger partial charge < -0.3 is 9.47 Å². The van der Waals surface area contributed by atoms with E-state index in [1.807, 2.05) is 43.1 Å². The predicted molar refractivity (Wildman–Crippen MR) is 120 cm³/mol. The smallest absolute Gasteiger partial charge is 0.168 e. The molecule has 3 aromatic carbocycles. The summed E-state index contributed by atoms with van der Waals surface area (Å²) < 4.78 is 43.3. The summed E-state index contributed by atoms with van der Waals surface area (Å²) >= 11 is 0. The Balaban J connectivity index is 1.31. The molecule has 0 saturated carbocycles. The fraction of sp³-hybridized carbons (Fsp3) is 0.167. The number of nitrogens with one attached hydrogen (secondary N) is 1. The van der Waals surface area contributed by atoms with Gasteiger partial charge in [0.25, 0.3) is 0 Å². The first-order valence-corrected chi connectivity index (χ1v) is 11.6. The Kier molecular flexibility index (Phi) is 8.98. The fourth-order valence-electron chi connectivity index (χ4n) is 2.56. The van der Waals surface area contributed by atoms with Crippen LogP contribution < -0.4 is 15.0 Å². The molecule has 0 aliphatic rings. The first kappa shape index (κ1) is 22.9. The lowest BCUT2D eigenvalue weighted by Crippen LogP contribution is -2.15. The highest BCUT2D eigenvalue weighted by Gasteiger charge is 2.06. The number of hydrogen-bond donors (Lipinski definition) is 1. The molecule has 0 radical (unpaired) electrons. The summed E-state index contributed by atoms with van der Waals surface area (Å²) in [4.78, 5) is 0. The molecule has 0 amide bonds. The van der Waals surface area contributed by atoms with E-state index in [2.05, 4.69) is 11.3 Å². The minimum atomic E-state index is -0.749. The highest BCUT2D eigenvalue weighted by Crippen LogP contribution is 2.33. The zero-order valence-corrected chi connectivity index (χ0v) is 18.0. The van der Waals surface area contributed by atoms with E-state index < -0.39 is 19.8 Å². The molecule has 31 heavy (non-hydrogen) atoms. The van der Waals surface area contributed by atoms with Crippen molar-refractivity contribution in [2.45, 2.75) is 6.42 Å². The summed E-state index contributed by atoms with van der Waals surface area (Å²) in [7, 11) is -0.692. The average molecular weight is 443 g/mol. The van der Waals surface area contributed by atoms with Gasteiger partial charge in [-0.1, -0.05) is 36.4 Å². The quantitative estimate of drug-likeness (QED) is 0.202. The van der Waals surface area contributed by atoms with Gasteiger partial charge in [0.15, 0.2) is 11.6 Å². The van der Waals surface area contributed by atoms with Gasteiger partial charge in [-0.3, -0.25) is 4.62 Å². The van der Waals surface area contributed by atoms with Crippen LogP contribution in [-0.2, 0) is 4.62 Å². The van der Waals surface area contributed by atoms with Gasteiger partial charge in [0.2, 0.25) is 0 Å². The normalized spacial score (nSPS) is 12.1. The van der Waals surface area contributed by atoms with E-state index in [0.717, 1.165) is 24.1 Å². The Bertz CT molecular complexity index is 968. The van der Waals surface area contributed by atoms with E-state index in [1.54, 1.807) is 24.3 Å². The second kappa shape index (κ2) is 12.2. The van der Waals surface area contributed by atoms with E-state index in [0.29, 0.717) is 24.7 Å². The number of rotatable bonds is 11. The highest BCUT2D eigenvalue weighted by atomic mass is 31.1. The second-order valence-electron chi connectivity index (χ2n) is 6.61. The maximum Gasteiger partial charge on any atom is 0.168 e. The van der Waals surface area contributed by atoms with Crippen molar-refractivity contribution in [1.29, 1.82) is 0 Å². The molecule has 1 atom stereocenters. The molecule has 0 spiro atoms. The summed E-state index contributed by atoms with van der Waals surface area (Å²) in [6.07, 6.45) is 2.82. The Hall–Kier alpha value is -2.79. The minimum absolute atomic E-state index is 0.0318. The number of hydrogen-bond acceptors (Lipinski definition) is 4. The molecule has 162 valence electrons. The SMILES string of the molecule is CP(/C=C/c1ccccc1)ONCCCOc1ccc(Oc2ccc(F)cc2F)cc1. The zero-order chi connectivity index (χ0) is 21.9. The van der Waals surface area contributed by atoms with Crippen LogP contribution in [0.5, 0.6) is 17.2 Å². The van der Waals surface area contributed by atoms with Crippen molar-refractivity contribution in [3.63, 3.8) is 0 Å². The third-order valence-electron chi connectivity index (χ3n) is 4.12. The Morgan fingerprint density at radius 3 is 2.42 bits per heavy atom. The van der Waals surface area contributed by atoms with Crippen molar-refractivity contribution in [3.8, 4) is 17.2 Å². The van der Waals surface area contributed by atoms with Gasteiger partial charge in [0.1, 0.15) is 17.3 Å². The highest BCUT2D eigenvalue weighted by molar-refractivity contribution is 7.55. The first-order chi connectivity index (χ1) is 15.1. The van der Waals surface area contributed by atoms with Crippen LogP contribution >= 0.6 is 8.15 Å². The van der Waals surface area contributed by atoms with Crippen molar-refractivity contribution in [2.24, 2.45) is 0 Å². The zero-order valence-electron chi connectivity index (χ0n) is 17.1. The molecule has 0 fully saturated rings. The topological polar surface area (TPSA) is 39.7 Å². The summed E-state index contributed by atoms with van der Waals surface area (Å²) in [5, 5.41) is 0. The molecule has 0 bridgehead atoms. The van der Waals surface area contributed by atoms with Crippen LogP contribution in [0, 0.1) is 11.6 Å². The van der Waals surface area contributed by atoms with E-state index >= 15 is 0 Å². The van der Waals surface area contributed by atoms with Gasteiger partial charge in [0, 0.05) is 12.6 Å². The number of hydroxylamine groups is 1. The van der Waals surface area contributed by atoms with E-state index in [9.17, 15) is 8.78 Å². The van der Waals surface area contributed by atoms with Gasteiger partial charge in [-0.15, -0.1) is 0 Å². The maximum atomic E-state index is 13.6. The molecule has 3 rings (SSSR count). The van der Waals surface area contributed by atoms with E-state index in [1.165, 1.54) is 6.07 Å². The third-order valence-corrected chi connectivity index (χ3v) is 5.11.